The summed E-state index contributed by atoms with van der Waals surface area (Å²) in [6, 6.07) is 11.0. The van der Waals surface area contributed by atoms with Crippen molar-refractivity contribution in [2.75, 3.05) is 30.0 Å². The van der Waals surface area contributed by atoms with Gasteiger partial charge in [-0.15, -0.1) is 0 Å². The quantitative estimate of drug-likeness (QED) is 0.397. The smallest absolute Gasteiger partial charge is 0.338 e. The van der Waals surface area contributed by atoms with Crippen LogP contribution in [0.25, 0.3) is 0 Å². The van der Waals surface area contributed by atoms with Crippen molar-refractivity contribution >= 4 is 58.3 Å². The van der Waals surface area contributed by atoms with E-state index >= 15 is 0 Å². The lowest BCUT2D eigenvalue weighted by Gasteiger charge is -2.17. The molecular weight excluding hydrogens is 483 g/mol. The average molecular weight is 507 g/mol. The predicted molar refractivity (Wildman–Crippen MR) is 128 cm³/mol. The molecule has 1 aliphatic heterocycles. The number of halogens is 2. The van der Waals surface area contributed by atoms with Crippen molar-refractivity contribution in [2.24, 2.45) is 5.92 Å². The average Bonchev–Trinajstić information content (AvgIpc) is 3.21. The predicted octanol–water partition coefficient (Wildman–Crippen LogP) is 4.49. The van der Waals surface area contributed by atoms with E-state index in [4.69, 9.17) is 32.7 Å². The van der Waals surface area contributed by atoms with Gasteiger partial charge in [-0.25, -0.2) is 4.79 Å². The highest BCUT2D eigenvalue weighted by atomic mass is 35.5. The summed E-state index contributed by atoms with van der Waals surface area (Å²) in [6.07, 6.45) is 1.68. The van der Waals surface area contributed by atoms with Crippen LogP contribution in [0.4, 0.5) is 11.4 Å². The van der Waals surface area contributed by atoms with Gasteiger partial charge in [-0.1, -0.05) is 36.5 Å². The Morgan fingerprint density at radius 2 is 1.82 bits per heavy atom. The molecule has 0 saturated carbocycles. The minimum Gasteiger partial charge on any atom is -0.462 e. The van der Waals surface area contributed by atoms with Gasteiger partial charge in [0.25, 0.3) is 5.91 Å². The molecule has 2 aromatic rings. The third-order valence-corrected chi connectivity index (χ3v) is 5.70. The molecule has 0 radical (unpaired) electrons. The molecular formula is C24H24Cl2N2O6. The third-order valence-electron chi connectivity index (χ3n) is 5.15. The van der Waals surface area contributed by atoms with Crippen molar-refractivity contribution in [2.45, 2.75) is 26.2 Å². The van der Waals surface area contributed by atoms with Crippen molar-refractivity contribution in [1.82, 2.24) is 0 Å². The Balaban J connectivity index is 1.51. The first kappa shape index (κ1) is 25.5. The Hall–Kier alpha value is -3.10. The molecule has 1 N–H and O–H groups in total. The Kier molecular flexibility index (Phi) is 8.90. The van der Waals surface area contributed by atoms with E-state index in [9.17, 15) is 19.2 Å². The van der Waals surface area contributed by atoms with Gasteiger partial charge in [-0.2, -0.15) is 0 Å². The Bertz CT molecular complexity index is 1070. The lowest BCUT2D eigenvalue weighted by molar-refractivity contribution is -0.151. The molecule has 2 amide bonds. The van der Waals surface area contributed by atoms with Crippen molar-refractivity contribution in [1.29, 1.82) is 0 Å². The fraction of sp³-hybridized carbons (Fsp3) is 0.333. The number of benzene rings is 2. The van der Waals surface area contributed by atoms with Crippen LogP contribution in [0.5, 0.6) is 0 Å². The summed E-state index contributed by atoms with van der Waals surface area (Å²) in [6.45, 7) is 1.96. The number of ether oxygens (including phenoxy) is 2. The fourth-order valence-corrected chi connectivity index (χ4v) is 3.77. The number of esters is 2. The maximum Gasteiger partial charge on any atom is 0.338 e. The fourth-order valence-electron chi connectivity index (χ4n) is 3.32. The van der Waals surface area contributed by atoms with Gasteiger partial charge in [0.1, 0.15) is 0 Å². The monoisotopic (exact) mass is 506 g/mol. The summed E-state index contributed by atoms with van der Waals surface area (Å²) in [7, 11) is 0. The minimum atomic E-state index is -0.710. The summed E-state index contributed by atoms with van der Waals surface area (Å²) in [4.78, 5) is 50.4. The zero-order chi connectivity index (χ0) is 24.7. The molecule has 8 nitrogen and oxygen atoms in total. The molecule has 2 aromatic carbocycles. The highest BCUT2D eigenvalue weighted by molar-refractivity contribution is 6.36. The lowest BCUT2D eigenvalue weighted by Crippen LogP contribution is -2.28. The van der Waals surface area contributed by atoms with E-state index in [0.717, 1.165) is 12.8 Å². The largest absolute Gasteiger partial charge is 0.462 e. The van der Waals surface area contributed by atoms with Gasteiger partial charge in [0.05, 0.1) is 28.8 Å². The van der Waals surface area contributed by atoms with Gasteiger partial charge in [0, 0.05) is 23.7 Å². The lowest BCUT2D eigenvalue weighted by atomic mass is 10.1. The second-order valence-electron chi connectivity index (χ2n) is 7.72. The SMILES string of the molecule is CCCCOC(=O)c1ccc(N2C[C@H](C(=O)OCC(=O)Nc3ccc(Cl)cc3Cl)CC2=O)cc1. The summed E-state index contributed by atoms with van der Waals surface area (Å²) in [5, 5.41) is 3.21. The van der Waals surface area contributed by atoms with E-state index in [1.54, 1.807) is 30.3 Å². The molecule has 0 aromatic heterocycles. The number of nitrogens with zero attached hydrogens (tertiary/aromatic N) is 1. The van der Waals surface area contributed by atoms with Gasteiger partial charge >= 0.3 is 11.9 Å². The van der Waals surface area contributed by atoms with Gasteiger partial charge in [-0.3, -0.25) is 14.4 Å². The Morgan fingerprint density at radius 1 is 1.09 bits per heavy atom. The number of nitrogens with one attached hydrogen (secondary N) is 1. The summed E-state index contributed by atoms with van der Waals surface area (Å²) in [5.41, 5.74) is 1.28. The van der Waals surface area contributed by atoms with Gasteiger partial charge in [-0.05, 0) is 48.9 Å². The van der Waals surface area contributed by atoms with Crippen LogP contribution in [0.1, 0.15) is 36.5 Å². The first-order valence-electron chi connectivity index (χ1n) is 10.8. The number of hydrogen-bond donors (Lipinski definition) is 1. The van der Waals surface area contributed by atoms with E-state index in [-0.39, 0.29) is 23.9 Å². The summed E-state index contributed by atoms with van der Waals surface area (Å²) >= 11 is 11.8. The molecule has 3 rings (SSSR count). The first-order chi connectivity index (χ1) is 16.3. The molecule has 1 atom stereocenters. The molecule has 34 heavy (non-hydrogen) atoms. The van der Waals surface area contributed by atoms with Gasteiger partial charge in [0.2, 0.25) is 5.91 Å². The van der Waals surface area contributed by atoms with E-state index < -0.39 is 30.4 Å². The number of carbonyl (C=O) groups is 4. The van der Waals surface area contributed by atoms with Crippen LogP contribution >= 0.6 is 23.2 Å². The Morgan fingerprint density at radius 3 is 2.50 bits per heavy atom. The Labute approximate surface area is 207 Å². The first-order valence-corrected chi connectivity index (χ1v) is 11.5. The van der Waals surface area contributed by atoms with E-state index in [1.807, 2.05) is 6.92 Å². The molecule has 1 saturated heterocycles. The minimum absolute atomic E-state index is 0.0374. The van der Waals surface area contributed by atoms with Crippen LogP contribution in [-0.2, 0) is 23.9 Å². The van der Waals surface area contributed by atoms with Crippen LogP contribution in [0.15, 0.2) is 42.5 Å². The van der Waals surface area contributed by atoms with E-state index in [1.165, 1.54) is 17.0 Å². The molecule has 0 spiro atoms. The molecule has 1 aliphatic rings. The number of rotatable bonds is 9. The zero-order valence-electron chi connectivity index (χ0n) is 18.5. The molecule has 0 unspecified atom stereocenters. The maximum absolute atomic E-state index is 12.4. The molecule has 1 heterocycles. The van der Waals surface area contributed by atoms with E-state index in [0.29, 0.717) is 28.6 Å². The van der Waals surface area contributed by atoms with Gasteiger partial charge < -0.3 is 19.7 Å². The standard InChI is InChI=1S/C24H24Cl2N2O6/c1-2-3-10-33-23(31)15-4-7-18(8-5-15)28-13-16(11-22(28)30)24(32)34-14-21(29)27-20-9-6-17(25)12-19(20)26/h4-9,12,16H,2-3,10-11,13-14H2,1H3,(H,27,29)/t16-/m1/s1. The number of amides is 2. The number of anilines is 2. The van der Waals surface area contributed by atoms with Crippen LogP contribution < -0.4 is 10.2 Å². The van der Waals surface area contributed by atoms with Crippen LogP contribution in [0, 0.1) is 5.92 Å². The van der Waals surface area contributed by atoms with Crippen molar-refractivity contribution < 1.29 is 28.7 Å². The maximum atomic E-state index is 12.4. The molecule has 0 aliphatic carbocycles. The number of hydrogen-bond acceptors (Lipinski definition) is 6. The molecule has 10 heteroatoms. The van der Waals surface area contributed by atoms with Crippen molar-refractivity contribution in [3.05, 3.63) is 58.1 Å². The normalized spacial score (nSPS) is 15.2. The van der Waals surface area contributed by atoms with Crippen LogP contribution in [-0.4, -0.2) is 43.5 Å². The summed E-state index contributed by atoms with van der Waals surface area (Å²) in [5.74, 6) is -2.60. The second-order valence-corrected chi connectivity index (χ2v) is 8.57. The highest BCUT2D eigenvalue weighted by Crippen LogP contribution is 2.27. The van der Waals surface area contributed by atoms with Crippen LogP contribution in [0.2, 0.25) is 10.0 Å². The topological polar surface area (TPSA) is 102 Å². The number of carbonyl (C=O) groups excluding carboxylic acids is 4. The molecule has 180 valence electrons. The van der Waals surface area contributed by atoms with Crippen molar-refractivity contribution in [3.63, 3.8) is 0 Å². The molecule has 0 bridgehead atoms. The highest BCUT2D eigenvalue weighted by Gasteiger charge is 2.36. The number of unbranched alkanes of at least 4 members (excludes halogenated alkanes) is 1. The van der Waals surface area contributed by atoms with Crippen LogP contribution in [0.3, 0.4) is 0 Å². The third kappa shape index (κ3) is 6.71. The van der Waals surface area contributed by atoms with E-state index in [2.05, 4.69) is 5.32 Å². The van der Waals surface area contributed by atoms with Gasteiger partial charge in [0.15, 0.2) is 6.61 Å². The molecule has 1 fully saturated rings. The second kappa shape index (κ2) is 11.9. The summed E-state index contributed by atoms with van der Waals surface area (Å²) < 4.78 is 10.3. The zero-order valence-corrected chi connectivity index (χ0v) is 20.0. The van der Waals surface area contributed by atoms with Crippen molar-refractivity contribution in [3.8, 4) is 0 Å².